The molecule has 25 heavy (non-hydrogen) atoms. The summed E-state index contributed by atoms with van der Waals surface area (Å²) in [5.41, 5.74) is 3.10. The Morgan fingerprint density at radius 3 is 2.52 bits per heavy atom. The molecule has 1 unspecified atom stereocenters. The van der Waals surface area contributed by atoms with Crippen molar-refractivity contribution in [2.24, 2.45) is 0 Å². The minimum absolute atomic E-state index is 0.343. The van der Waals surface area contributed by atoms with E-state index in [-0.39, 0.29) is 0 Å². The number of carbonyl (C=O) groups excluding carboxylic acids is 1. The molecule has 0 bridgehead atoms. The smallest absolute Gasteiger partial charge is 0.339 e. The molecule has 1 heterocycles. The van der Waals surface area contributed by atoms with E-state index in [0.717, 1.165) is 23.2 Å². The highest BCUT2D eigenvalue weighted by Crippen LogP contribution is 2.39. The summed E-state index contributed by atoms with van der Waals surface area (Å²) in [6.07, 6.45) is -0.521. The van der Waals surface area contributed by atoms with Gasteiger partial charge in [-0.05, 0) is 31.5 Å². The Hall–Kier alpha value is -2.15. The molecule has 130 valence electrons. The highest BCUT2D eigenvalue weighted by molar-refractivity contribution is 7.94. The van der Waals surface area contributed by atoms with Gasteiger partial charge in [0.15, 0.2) is 0 Å². The molecule has 0 N–H and O–H groups in total. The highest BCUT2D eigenvalue weighted by atomic mass is 32.2. The number of rotatable bonds is 5. The predicted molar refractivity (Wildman–Crippen MR) is 93.9 cm³/mol. The van der Waals surface area contributed by atoms with Gasteiger partial charge in [-0.25, -0.2) is 14.1 Å². The zero-order chi connectivity index (χ0) is 18.0. The van der Waals surface area contributed by atoms with Crippen molar-refractivity contribution in [3.63, 3.8) is 0 Å². The van der Waals surface area contributed by atoms with Gasteiger partial charge in [0.05, 0.1) is 24.7 Å². The number of aryl methyl sites for hydroxylation is 1. The van der Waals surface area contributed by atoms with E-state index in [2.05, 4.69) is 4.89 Å². The van der Waals surface area contributed by atoms with Crippen molar-refractivity contribution in [2.75, 3.05) is 7.11 Å². The lowest BCUT2D eigenvalue weighted by molar-refractivity contribution is -0.160. The maximum absolute atomic E-state index is 14.7. The fraction of sp³-hybridized carbons (Fsp3) is 0.211. The van der Waals surface area contributed by atoms with Crippen molar-refractivity contribution in [1.29, 1.82) is 0 Å². The highest BCUT2D eigenvalue weighted by Gasteiger charge is 2.34. The van der Waals surface area contributed by atoms with Crippen molar-refractivity contribution >= 4 is 29.2 Å². The Bertz CT molecular complexity index is 830. The van der Waals surface area contributed by atoms with Crippen LogP contribution in [0.2, 0.25) is 0 Å². The second-order valence-corrected chi connectivity index (χ2v) is 6.44. The average molecular weight is 360 g/mol. The fourth-order valence-electron chi connectivity index (χ4n) is 2.78. The Labute approximate surface area is 149 Å². The summed E-state index contributed by atoms with van der Waals surface area (Å²) in [7, 11) is 1.37. The van der Waals surface area contributed by atoms with Gasteiger partial charge in [0.25, 0.3) is 0 Å². The molecular formula is C19H17FO4S. The van der Waals surface area contributed by atoms with E-state index in [1.54, 1.807) is 19.1 Å². The first kappa shape index (κ1) is 17.7. The van der Waals surface area contributed by atoms with E-state index >= 15 is 0 Å². The maximum Gasteiger partial charge on any atom is 0.339 e. The standard InChI is InChI=1S/C19H17FO4S/c1-11-4-6-13(7-5-11)18-17(12(2)23-19(18)21)15-9-8-14(10-16(15)20)25-24-22-3/h4-10,12H,1-3H3. The molecule has 0 aliphatic carbocycles. The van der Waals surface area contributed by atoms with Crippen LogP contribution >= 0.6 is 12.0 Å². The summed E-state index contributed by atoms with van der Waals surface area (Å²) in [5.74, 6) is -0.888. The van der Waals surface area contributed by atoms with E-state index in [1.807, 2.05) is 31.2 Å². The second kappa shape index (κ2) is 7.39. The number of cyclic esters (lactones) is 1. The Morgan fingerprint density at radius 1 is 1.16 bits per heavy atom. The van der Waals surface area contributed by atoms with Crippen LogP contribution < -0.4 is 0 Å². The van der Waals surface area contributed by atoms with Gasteiger partial charge in [-0.1, -0.05) is 35.9 Å². The average Bonchev–Trinajstić information content (AvgIpc) is 2.88. The molecule has 0 radical (unpaired) electrons. The van der Waals surface area contributed by atoms with Crippen LogP contribution in [0.5, 0.6) is 0 Å². The number of halogens is 1. The van der Waals surface area contributed by atoms with Crippen LogP contribution in [0.1, 0.15) is 23.6 Å². The van der Waals surface area contributed by atoms with Gasteiger partial charge in [-0.3, -0.25) is 0 Å². The maximum atomic E-state index is 14.7. The summed E-state index contributed by atoms with van der Waals surface area (Å²) in [5, 5.41) is 0. The monoisotopic (exact) mass is 360 g/mol. The SMILES string of the molecule is COOSc1ccc(C2=C(c3ccc(C)cc3)C(=O)OC2C)c(F)c1. The van der Waals surface area contributed by atoms with Crippen LogP contribution in [0.3, 0.4) is 0 Å². The molecule has 2 aromatic carbocycles. The summed E-state index contributed by atoms with van der Waals surface area (Å²) in [6.45, 7) is 3.71. The van der Waals surface area contributed by atoms with E-state index in [9.17, 15) is 9.18 Å². The first-order valence-corrected chi connectivity index (χ1v) is 8.45. The van der Waals surface area contributed by atoms with Crippen LogP contribution in [0, 0.1) is 12.7 Å². The van der Waals surface area contributed by atoms with E-state index < -0.39 is 17.9 Å². The number of esters is 1. The molecule has 0 saturated carbocycles. The molecule has 0 fully saturated rings. The molecule has 1 aliphatic heterocycles. The Morgan fingerprint density at radius 2 is 1.88 bits per heavy atom. The van der Waals surface area contributed by atoms with Crippen LogP contribution in [0.25, 0.3) is 11.1 Å². The van der Waals surface area contributed by atoms with E-state index in [1.165, 1.54) is 13.2 Å². The Balaban J connectivity index is 2.08. The van der Waals surface area contributed by atoms with Crippen LogP contribution in [-0.2, 0) is 18.8 Å². The molecule has 4 nitrogen and oxygen atoms in total. The number of benzene rings is 2. The van der Waals surface area contributed by atoms with Crippen molar-refractivity contribution in [2.45, 2.75) is 24.8 Å². The van der Waals surface area contributed by atoms with Gasteiger partial charge < -0.3 is 4.74 Å². The van der Waals surface area contributed by atoms with Crippen molar-refractivity contribution in [1.82, 2.24) is 0 Å². The second-order valence-electron chi connectivity index (χ2n) is 5.66. The first-order chi connectivity index (χ1) is 12.0. The van der Waals surface area contributed by atoms with Gasteiger partial charge in [0.2, 0.25) is 0 Å². The summed E-state index contributed by atoms with van der Waals surface area (Å²) in [6, 6.07) is 12.2. The van der Waals surface area contributed by atoms with Gasteiger partial charge in [-0.2, -0.15) is 4.33 Å². The normalized spacial score (nSPS) is 17.1. The third-order valence-corrected chi connectivity index (χ3v) is 4.58. The van der Waals surface area contributed by atoms with Crippen LogP contribution in [0.15, 0.2) is 47.4 Å². The number of hydrogen-bond donors (Lipinski definition) is 0. The van der Waals surface area contributed by atoms with E-state index in [4.69, 9.17) is 9.07 Å². The van der Waals surface area contributed by atoms with Crippen molar-refractivity contribution < 1.29 is 23.1 Å². The molecule has 2 aromatic rings. The lowest BCUT2D eigenvalue weighted by Gasteiger charge is -2.11. The summed E-state index contributed by atoms with van der Waals surface area (Å²) in [4.78, 5) is 17.4. The molecule has 3 rings (SSSR count). The van der Waals surface area contributed by atoms with Gasteiger partial charge in [0.1, 0.15) is 11.9 Å². The number of ether oxygens (including phenoxy) is 1. The third kappa shape index (κ3) is 3.61. The molecule has 0 aromatic heterocycles. The zero-order valence-corrected chi connectivity index (χ0v) is 14.9. The zero-order valence-electron chi connectivity index (χ0n) is 14.0. The fourth-order valence-corrected chi connectivity index (χ4v) is 3.20. The largest absolute Gasteiger partial charge is 0.454 e. The predicted octanol–water partition coefficient (Wildman–Crippen LogP) is 4.58. The van der Waals surface area contributed by atoms with Crippen molar-refractivity contribution in [3.05, 3.63) is 65.0 Å². The first-order valence-electron chi connectivity index (χ1n) is 7.70. The molecule has 0 saturated heterocycles. The Kier molecular flexibility index (Phi) is 5.22. The molecular weight excluding hydrogens is 343 g/mol. The minimum Gasteiger partial charge on any atom is -0.454 e. The lowest BCUT2D eigenvalue weighted by atomic mass is 9.93. The quantitative estimate of drug-likeness (QED) is 0.338. The topological polar surface area (TPSA) is 44.8 Å². The third-order valence-electron chi connectivity index (χ3n) is 3.93. The van der Waals surface area contributed by atoms with Gasteiger partial charge in [0, 0.05) is 16.0 Å². The van der Waals surface area contributed by atoms with Gasteiger partial charge >= 0.3 is 5.97 Å². The molecule has 0 spiro atoms. The lowest BCUT2D eigenvalue weighted by Crippen LogP contribution is -2.06. The summed E-state index contributed by atoms with van der Waals surface area (Å²) < 4.78 is 24.8. The molecule has 6 heteroatoms. The van der Waals surface area contributed by atoms with Gasteiger partial charge in [-0.15, -0.1) is 0 Å². The van der Waals surface area contributed by atoms with E-state index in [0.29, 0.717) is 21.6 Å². The molecule has 0 amide bonds. The minimum atomic E-state index is -0.521. The number of carbonyl (C=O) groups is 1. The molecule has 1 aliphatic rings. The summed E-state index contributed by atoms with van der Waals surface area (Å²) >= 11 is 0.909. The van der Waals surface area contributed by atoms with Crippen LogP contribution in [0.4, 0.5) is 4.39 Å². The van der Waals surface area contributed by atoms with Crippen LogP contribution in [-0.4, -0.2) is 19.2 Å². The number of hydrogen-bond acceptors (Lipinski definition) is 5. The molecule has 1 atom stereocenters. The van der Waals surface area contributed by atoms with Crippen molar-refractivity contribution in [3.8, 4) is 0 Å².